The van der Waals surface area contributed by atoms with E-state index in [1.807, 2.05) is 6.08 Å². The first-order valence-electron chi connectivity index (χ1n) is 4.71. The Kier molecular flexibility index (Phi) is 3.77. The van der Waals surface area contributed by atoms with Gasteiger partial charge < -0.3 is 5.11 Å². The van der Waals surface area contributed by atoms with Crippen molar-refractivity contribution in [3.8, 4) is 0 Å². The quantitative estimate of drug-likeness (QED) is 0.755. The van der Waals surface area contributed by atoms with Gasteiger partial charge >= 0.3 is 0 Å². The summed E-state index contributed by atoms with van der Waals surface area (Å²) in [6, 6.07) is 0. The number of aliphatic hydroxyl groups is 1. The lowest BCUT2D eigenvalue weighted by Crippen LogP contribution is -2.30. The molecule has 0 aromatic rings. The van der Waals surface area contributed by atoms with Gasteiger partial charge in [0.2, 0.25) is 0 Å². The van der Waals surface area contributed by atoms with Crippen LogP contribution in [0.25, 0.3) is 0 Å². The molecule has 13 heavy (non-hydrogen) atoms. The second-order valence-corrected chi connectivity index (χ2v) is 4.52. The number of hydrogen-bond donors (Lipinski definition) is 1. The maximum absolute atomic E-state index is 9.27. The summed E-state index contributed by atoms with van der Waals surface area (Å²) < 4.78 is 0. The van der Waals surface area contributed by atoms with Gasteiger partial charge in [-0.1, -0.05) is 31.5 Å². The van der Waals surface area contributed by atoms with E-state index in [9.17, 15) is 5.11 Å². The Morgan fingerprint density at radius 1 is 1.69 bits per heavy atom. The summed E-state index contributed by atoms with van der Waals surface area (Å²) in [5.74, 6) is 0.557. The molecule has 1 aliphatic heterocycles. The molecule has 1 aliphatic rings. The number of nitrogens with zero attached hydrogens (tertiary/aromatic N) is 1. The maximum Gasteiger partial charge on any atom is 0.0500 e. The highest BCUT2D eigenvalue weighted by Gasteiger charge is 2.39. The third kappa shape index (κ3) is 2.46. The minimum absolute atomic E-state index is 0.0696. The van der Waals surface area contributed by atoms with Crippen LogP contribution in [0.1, 0.15) is 13.8 Å². The van der Waals surface area contributed by atoms with E-state index in [0.29, 0.717) is 5.92 Å². The summed E-state index contributed by atoms with van der Waals surface area (Å²) in [5.41, 5.74) is 1.62. The van der Waals surface area contributed by atoms with E-state index in [1.54, 1.807) is 5.54 Å². The van der Waals surface area contributed by atoms with Crippen molar-refractivity contribution < 1.29 is 5.11 Å². The molecule has 76 valence electrons. The van der Waals surface area contributed by atoms with Crippen LogP contribution < -0.4 is 0 Å². The molecule has 0 radical (unpaired) electrons. The van der Waals surface area contributed by atoms with Crippen LogP contribution in [0.2, 0.25) is 0 Å². The monoisotopic (exact) mass is 203 g/mol. The van der Waals surface area contributed by atoms with Gasteiger partial charge in [0.1, 0.15) is 0 Å². The standard InChI is InChI=1S/C10H18ClNO/c1-9-6-12(5-3-4-11)7-10(9,2)8-13/h3-4,9,13H,5-8H2,1-2H3/b4-3+. The molecule has 0 aromatic carbocycles. The van der Waals surface area contributed by atoms with Crippen LogP contribution in [0.4, 0.5) is 0 Å². The van der Waals surface area contributed by atoms with E-state index in [4.69, 9.17) is 11.6 Å². The number of aliphatic hydroxyl groups excluding tert-OH is 1. The molecule has 1 saturated heterocycles. The Balaban J connectivity index is 2.49. The van der Waals surface area contributed by atoms with Gasteiger partial charge in [-0.2, -0.15) is 0 Å². The first-order chi connectivity index (χ1) is 6.12. The Labute approximate surface area is 85.2 Å². The summed E-state index contributed by atoms with van der Waals surface area (Å²) in [4.78, 5) is 2.32. The molecule has 1 rings (SSSR count). The van der Waals surface area contributed by atoms with Crippen molar-refractivity contribution in [3.05, 3.63) is 11.6 Å². The van der Waals surface area contributed by atoms with Crippen LogP contribution >= 0.6 is 11.6 Å². The van der Waals surface area contributed by atoms with Crippen LogP contribution in [0, 0.1) is 11.3 Å². The summed E-state index contributed by atoms with van der Waals surface area (Å²) in [7, 11) is 0. The first kappa shape index (κ1) is 11.0. The fraction of sp³-hybridized carbons (Fsp3) is 0.800. The minimum Gasteiger partial charge on any atom is -0.396 e. The van der Waals surface area contributed by atoms with Crippen LogP contribution in [-0.2, 0) is 0 Å². The third-order valence-electron chi connectivity index (χ3n) is 3.12. The summed E-state index contributed by atoms with van der Waals surface area (Å²) in [6.45, 7) is 7.52. The zero-order chi connectivity index (χ0) is 9.90. The highest BCUT2D eigenvalue weighted by Crippen LogP contribution is 2.34. The summed E-state index contributed by atoms with van der Waals surface area (Å²) in [5, 5.41) is 9.27. The molecule has 1 heterocycles. The molecule has 3 heteroatoms. The van der Waals surface area contributed by atoms with Gasteiger partial charge in [0.25, 0.3) is 0 Å². The zero-order valence-corrected chi connectivity index (χ0v) is 9.09. The lowest BCUT2D eigenvalue weighted by atomic mass is 9.82. The Morgan fingerprint density at radius 3 is 2.85 bits per heavy atom. The predicted molar refractivity (Wildman–Crippen MR) is 55.8 cm³/mol. The van der Waals surface area contributed by atoms with Gasteiger partial charge in [-0.15, -0.1) is 0 Å². The van der Waals surface area contributed by atoms with Crippen LogP contribution in [0.5, 0.6) is 0 Å². The molecule has 0 aliphatic carbocycles. The molecule has 0 spiro atoms. The summed E-state index contributed by atoms with van der Waals surface area (Å²) in [6.07, 6.45) is 1.94. The zero-order valence-electron chi connectivity index (χ0n) is 8.33. The van der Waals surface area contributed by atoms with Gasteiger partial charge in [0, 0.05) is 37.2 Å². The van der Waals surface area contributed by atoms with Gasteiger partial charge in [-0.05, 0) is 5.92 Å². The van der Waals surface area contributed by atoms with Crippen molar-refractivity contribution in [3.63, 3.8) is 0 Å². The van der Waals surface area contributed by atoms with E-state index in [1.165, 1.54) is 0 Å². The maximum atomic E-state index is 9.27. The second-order valence-electron chi connectivity index (χ2n) is 4.27. The Morgan fingerprint density at radius 2 is 2.38 bits per heavy atom. The fourth-order valence-electron chi connectivity index (χ4n) is 1.87. The molecule has 1 fully saturated rings. The van der Waals surface area contributed by atoms with E-state index in [2.05, 4.69) is 18.7 Å². The first-order valence-corrected chi connectivity index (χ1v) is 5.14. The Bertz CT molecular complexity index is 195. The third-order valence-corrected chi connectivity index (χ3v) is 3.30. The SMILES string of the molecule is CC1CN(C/C=C/Cl)CC1(C)CO. The van der Waals surface area contributed by atoms with Crippen LogP contribution in [0.15, 0.2) is 11.6 Å². The highest BCUT2D eigenvalue weighted by atomic mass is 35.5. The van der Waals surface area contributed by atoms with Crippen molar-refractivity contribution in [2.45, 2.75) is 13.8 Å². The lowest BCUT2D eigenvalue weighted by molar-refractivity contribution is 0.118. The minimum atomic E-state index is 0.0696. The highest BCUT2D eigenvalue weighted by molar-refractivity contribution is 6.25. The number of halogens is 1. The smallest absolute Gasteiger partial charge is 0.0500 e. The van der Waals surface area contributed by atoms with E-state index < -0.39 is 0 Å². The van der Waals surface area contributed by atoms with Crippen molar-refractivity contribution >= 4 is 11.6 Å². The van der Waals surface area contributed by atoms with Gasteiger partial charge in [0.15, 0.2) is 0 Å². The topological polar surface area (TPSA) is 23.5 Å². The largest absolute Gasteiger partial charge is 0.396 e. The molecule has 0 aromatic heterocycles. The van der Waals surface area contributed by atoms with Crippen molar-refractivity contribution in [1.29, 1.82) is 0 Å². The van der Waals surface area contributed by atoms with Crippen molar-refractivity contribution in [2.75, 3.05) is 26.2 Å². The van der Waals surface area contributed by atoms with Crippen LogP contribution in [-0.4, -0.2) is 36.2 Å². The number of likely N-dealkylation sites (tertiary alicyclic amines) is 1. The molecule has 0 amide bonds. The predicted octanol–water partition coefficient (Wildman–Crippen LogP) is 1.69. The van der Waals surface area contributed by atoms with Gasteiger partial charge in [-0.3, -0.25) is 4.90 Å². The van der Waals surface area contributed by atoms with Crippen LogP contribution in [0.3, 0.4) is 0 Å². The van der Waals surface area contributed by atoms with Gasteiger partial charge in [-0.25, -0.2) is 0 Å². The molecule has 2 unspecified atom stereocenters. The molecule has 1 N–H and O–H groups in total. The Hall–Kier alpha value is -0.0500. The van der Waals surface area contributed by atoms with E-state index in [-0.39, 0.29) is 12.0 Å². The van der Waals surface area contributed by atoms with E-state index in [0.717, 1.165) is 19.6 Å². The normalized spacial score (nSPS) is 36.2. The lowest BCUT2D eigenvalue weighted by Gasteiger charge is -2.25. The average molecular weight is 204 g/mol. The molecule has 0 saturated carbocycles. The second kappa shape index (κ2) is 4.45. The van der Waals surface area contributed by atoms with Crippen molar-refractivity contribution in [2.24, 2.45) is 11.3 Å². The van der Waals surface area contributed by atoms with Crippen molar-refractivity contribution in [1.82, 2.24) is 4.90 Å². The van der Waals surface area contributed by atoms with E-state index >= 15 is 0 Å². The number of hydrogen-bond acceptors (Lipinski definition) is 2. The summed E-state index contributed by atoms with van der Waals surface area (Å²) >= 11 is 5.46. The average Bonchev–Trinajstić information content (AvgIpc) is 2.40. The molecule has 2 nitrogen and oxygen atoms in total. The molecular weight excluding hydrogens is 186 g/mol. The fourth-order valence-corrected chi connectivity index (χ4v) is 1.95. The van der Waals surface area contributed by atoms with Gasteiger partial charge in [0.05, 0.1) is 0 Å². The number of rotatable bonds is 3. The molecule has 0 bridgehead atoms. The molecular formula is C10H18ClNO. The molecule has 2 atom stereocenters.